The van der Waals surface area contributed by atoms with Gasteiger partial charge in [0.15, 0.2) is 0 Å². The van der Waals surface area contributed by atoms with E-state index in [0.717, 1.165) is 5.56 Å². The molecule has 0 aromatic heterocycles. The van der Waals surface area contributed by atoms with Gasteiger partial charge in [-0.05, 0) is 37.5 Å². The molecule has 0 spiro atoms. The van der Waals surface area contributed by atoms with Crippen LogP contribution in [0.4, 0.5) is 0 Å². The maximum Gasteiger partial charge on any atom is 0.237 e. The van der Waals surface area contributed by atoms with Gasteiger partial charge in [-0.15, -0.1) is 0 Å². The molecule has 0 aliphatic heterocycles. The monoisotopic (exact) mass is 327 g/mol. The molecular formula is C15H22BrNO2. The van der Waals surface area contributed by atoms with Crippen LogP contribution < -0.4 is 0 Å². The van der Waals surface area contributed by atoms with E-state index in [1.807, 2.05) is 38.7 Å². The fourth-order valence-corrected chi connectivity index (χ4v) is 2.29. The number of nitrogens with zero attached hydrogens (tertiary/aromatic N) is 1. The van der Waals surface area contributed by atoms with Gasteiger partial charge >= 0.3 is 0 Å². The van der Waals surface area contributed by atoms with E-state index >= 15 is 0 Å². The number of carbonyl (C=O) groups is 1. The largest absolute Gasteiger partial charge is 0.508 e. The van der Waals surface area contributed by atoms with Crippen LogP contribution in [0.15, 0.2) is 24.3 Å². The zero-order valence-electron chi connectivity index (χ0n) is 11.9. The van der Waals surface area contributed by atoms with E-state index in [1.54, 1.807) is 18.2 Å². The van der Waals surface area contributed by atoms with Crippen LogP contribution in [0.3, 0.4) is 0 Å². The molecule has 2 unspecified atom stereocenters. The van der Waals surface area contributed by atoms with Gasteiger partial charge < -0.3 is 10.0 Å². The van der Waals surface area contributed by atoms with Crippen LogP contribution in [0.2, 0.25) is 0 Å². The third-order valence-corrected chi connectivity index (χ3v) is 4.71. The molecule has 1 N–H and O–H groups in total. The number of alkyl halides is 1. The number of benzene rings is 1. The minimum atomic E-state index is -0.174. The van der Waals surface area contributed by atoms with E-state index in [4.69, 9.17) is 0 Å². The Bertz CT molecular complexity index is 434. The van der Waals surface area contributed by atoms with E-state index < -0.39 is 0 Å². The highest BCUT2D eigenvalue weighted by Gasteiger charge is 2.27. The molecule has 19 heavy (non-hydrogen) atoms. The van der Waals surface area contributed by atoms with Crippen LogP contribution >= 0.6 is 15.9 Å². The van der Waals surface area contributed by atoms with Crippen molar-refractivity contribution in [1.82, 2.24) is 4.90 Å². The summed E-state index contributed by atoms with van der Waals surface area (Å²) in [6.45, 7) is 8.63. The Morgan fingerprint density at radius 2 is 2.00 bits per heavy atom. The van der Waals surface area contributed by atoms with E-state index in [9.17, 15) is 9.90 Å². The molecule has 4 heteroatoms. The standard InChI is InChI=1S/C15H22BrNO2/c1-5-17(15(19)14(16)10(2)3)11(4)12-7-6-8-13(18)9-12/h6-11,14,18H,5H2,1-4H3. The maximum absolute atomic E-state index is 12.4. The van der Waals surface area contributed by atoms with Gasteiger partial charge in [-0.2, -0.15) is 0 Å². The second-order valence-electron chi connectivity index (χ2n) is 5.04. The molecule has 106 valence electrons. The van der Waals surface area contributed by atoms with Gasteiger partial charge in [-0.3, -0.25) is 4.79 Å². The van der Waals surface area contributed by atoms with Crippen molar-refractivity contribution in [2.75, 3.05) is 6.54 Å². The molecule has 0 fully saturated rings. The van der Waals surface area contributed by atoms with Crippen molar-refractivity contribution in [2.45, 2.75) is 38.6 Å². The molecule has 1 rings (SSSR count). The van der Waals surface area contributed by atoms with Gasteiger partial charge in [0.2, 0.25) is 5.91 Å². The van der Waals surface area contributed by atoms with E-state index in [2.05, 4.69) is 15.9 Å². The summed E-state index contributed by atoms with van der Waals surface area (Å²) in [5.41, 5.74) is 0.943. The summed E-state index contributed by atoms with van der Waals surface area (Å²) in [5.74, 6) is 0.568. The third-order valence-electron chi connectivity index (χ3n) is 3.27. The number of carbonyl (C=O) groups excluding carboxylic acids is 1. The first-order valence-electron chi connectivity index (χ1n) is 6.62. The minimum absolute atomic E-state index is 0.0524. The molecule has 2 atom stereocenters. The number of halogens is 1. The molecule has 1 amide bonds. The Morgan fingerprint density at radius 1 is 1.37 bits per heavy atom. The lowest BCUT2D eigenvalue weighted by molar-refractivity contribution is -0.133. The minimum Gasteiger partial charge on any atom is -0.508 e. The van der Waals surface area contributed by atoms with Crippen molar-refractivity contribution in [3.63, 3.8) is 0 Å². The lowest BCUT2D eigenvalue weighted by Gasteiger charge is -2.31. The fraction of sp³-hybridized carbons (Fsp3) is 0.533. The van der Waals surface area contributed by atoms with Crippen LogP contribution in [-0.4, -0.2) is 27.3 Å². The summed E-state index contributed by atoms with van der Waals surface area (Å²) in [5, 5.41) is 9.54. The molecule has 0 bridgehead atoms. The summed E-state index contributed by atoms with van der Waals surface area (Å²) < 4.78 is 0. The van der Waals surface area contributed by atoms with Crippen molar-refractivity contribution in [3.05, 3.63) is 29.8 Å². The number of hydrogen-bond acceptors (Lipinski definition) is 2. The van der Waals surface area contributed by atoms with Gasteiger partial charge in [0.05, 0.1) is 10.9 Å². The zero-order valence-corrected chi connectivity index (χ0v) is 13.5. The Balaban J connectivity index is 2.94. The molecule has 0 saturated heterocycles. The van der Waals surface area contributed by atoms with E-state index in [-0.39, 0.29) is 28.4 Å². The topological polar surface area (TPSA) is 40.5 Å². The van der Waals surface area contributed by atoms with Crippen LogP contribution in [-0.2, 0) is 4.79 Å². The van der Waals surface area contributed by atoms with Crippen LogP contribution in [0.1, 0.15) is 39.3 Å². The summed E-state index contributed by atoms with van der Waals surface area (Å²) in [6.07, 6.45) is 0. The van der Waals surface area contributed by atoms with Crippen LogP contribution in [0.5, 0.6) is 5.75 Å². The maximum atomic E-state index is 12.4. The Morgan fingerprint density at radius 3 is 2.47 bits per heavy atom. The van der Waals surface area contributed by atoms with Crippen molar-refractivity contribution in [1.29, 1.82) is 0 Å². The molecule has 3 nitrogen and oxygen atoms in total. The predicted octanol–water partition coefficient (Wildman–Crippen LogP) is 3.72. The van der Waals surface area contributed by atoms with E-state index in [0.29, 0.717) is 6.54 Å². The normalized spacial score (nSPS) is 14.2. The van der Waals surface area contributed by atoms with Crippen molar-refractivity contribution >= 4 is 21.8 Å². The lowest BCUT2D eigenvalue weighted by Crippen LogP contribution is -2.40. The van der Waals surface area contributed by atoms with Gasteiger partial charge in [-0.1, -0.05) is 41.9 Å². The van der Waals surface area contributed by atoms with Crippen molar-refractivity contribution < 1.29 is 9.90 Å². The molecule has 0 aliphatic carbocycles. The van der Waals surface area contributed by atoms with Crippen molar-refractivity contribution in [3.8, 4) is 5.75 Å². The molecule has 0 radical (unpaired) electrons. The molecule has 0 aliphatic rings. The van der Waals surface area contributed by atoms with Gasteiger partial charge in [0.25, 0.3) is 0 Å². The first kappa shape index (κ1) is 16.0. The highest BCUT2D eigenvalue weighted by Crippen LogP contribution is 2.26. The number of rotatable bonds is 5. The quantitative estimate of drug-likeness (QED) is 0.837. The highest BCUT2D eigenvalue weighted by atomic mass is 79.9. The molecule has 0 saturated carbocycles. The number of amides is 1. The summed E-state index contributed by atoms with van der Waals surface area (Å²) in [6, 6.07) is 7.02. The average molecular weight is 328 g/mol. The predicted molar refractivity (Wildman–Crippen MR) is 81.5 cm³/mol. The van der Waals surface area contributed by atoms with Crippen LogP contribution in [0.25, 0.3) is 0 Å². The van der Waals surface area contributed by atoms with Gasteiger partial charge in [-0.25, -0.2) is 0 Å². The Labute approximate surface area is 123 Å². The number of phenols is 1. The van der Waals surface area contributed by atoms with Gasteiger partial charge in [0.1, 0.15) is 5.75 Å². The second-order valence-corrected chi connectivity index (χ2v) is 6.03. The van der Waals surface area contributed by atoms with Gasteiger partial charge in [0, 0.05) is 6.54 Å². The zero-order chi connectivity index (χ0) is 14.6. The average Bonchev–Trinajstić information content (AvgIpc) is 2.38. The summed E-state index contributed by atoms with van der Waals surface area (Å²) in [4.78, 5) is 14.1. The number of aromatic hydroxyl groups is 1. The van der Waals surface area contributed by atoms with E-state index in [1.165, 1.54) is 0 Å². The number of hydrogen-bond donors (Lipinski definition) is 1. The first-order chi connectivity index (χ1) is 8.88. The molecule has 1 aromatic rings. The lowest BCUT2D eigenvalue weighted by atomic mass is 10.0. The molecule has 1 aromatic carbocycles. The second kappa shape index (κ2) is 6.94. The summed E-state index contributed by atoms with van der Waals surface area (Å²) >= 11 is 3.46. The number of phenolic OH excluding ortho intramolecular Hbond substituents is 1. The van der Waals surface area contributed by atoms with Crippen molar-refractivity contribution in [2.24, 2.45) is 5.92 Å². The summed E-state index contributed by atoms with van der Waals surface area (Å²) in [7, 11) is 0. The highest BCUT2D eigenvalue weighted by molar-refractivity contribution is 9.10. The fourth-order valence-electron chi connectivity index (χ4n) is 2.03. The molecular weight excluding hydrogens is 306 g/mol. The molecule has 0 heterocycles. The smallest absolute Gasteiger partial charge is 0.237 e. The Kier molecular flexibility index (Phi) is 5.85. The first-order valence-corrected chi connectivity index (χ1v) is 7.53. The Hall–Kier alpha value is -1.03. The third kappa shape index (κ3) is 3.96. The SMILES string of the molecule is CCN(C(=O)C(Br)C(C)C)C(C)c1cccc(O)c1. The van der Waals surface area contributed by atoms with Crippen LogP contribution in [0, 0.1) is 5.92 Å².